The minimum atomic E-state index is -4.43. The standard InChI is InChI=1S/C14H11F3N2O/c1-8-7-9(14(15,16)17)4-5-10(8)13(20)12-11(18)3-2-6-19-12/h2-7H,18H2,1H3. The van der Waals surface area contributed by atoms with Crippen molar-refractivity contribution in [3.05, 3.63) is 58.9 Å². The molecule has 0 unspecified atom stereocenters. The van der Waals surface area contributed by atoms with Crippen molar-refractivity contribution in [2.45, 2.75) is 13.1 Å². The largest absolute Gasteiger partial charge is 0.416 e. The second-order valence-corrected chi connectivity index (χ2v) is 4.30. The molecule has 2 N–H and O–H groups in total. The SMILES string of the molecule is Cc1cc(C(F)(F)F)ccc1C(=O)c1ncccc1N. The van der Waals surface area contributed by atoms with Crippen LogP contribution < -0.4 is 5.73 Å². The third kappa shape index (κ3) is 2.64. The monoisotopic (exact) mass is 280 g/mol. The topological polar surface area (TPSA) is 56.0 Å². The summed E-state index contributed by atoms with van der Waals surface area (Å²) in [5, 5.41) is 0. The van der Waals surface area contributed by atoms with Crippen LogP contribution in [0.15, 0.2) is 36.5 Å². The van der Waals surface area contributed by atoms with E-state index in [-0.39, 0.29) is 22.5 Å². The third-order valence-corrected chi connectivity index (χ3v) is 2.85. The van der Waals surface area contributed by atoms with Gasteiger partial charge in [-0.2, -0.15) is 13.2 Å². The molecule has 0 atom stereocenters. The number of carbonyl (C=O) groups is 1. The van der Waals surface area contributed by atoms with E-state index in [4.69, 9.17) is 5.73 Å². The van der Waals surface area contributed by atoms with Gasteiger partial charge in [0.05, 0.1) is 11.3 Å². The Bertz CT molecular complexity index is 666. The lowest BCUT2D eigenvalue weighted by Gasteiger charge is -2.10. The summed E-state index contributed by atoms with van der Waals surface area (Å²) in [6.07, 6.45) is -3.03. The van der Waals surface area contributed by atoms with Crippen LogP contribution in [0.1, 0.15) is 27.2 Å². The van der Waals surface area contributed by atoms with Crippen molar-refractivity contribution in [1.29, 1.82) is 0 Å². The first-order valence-corrected chi connectivity index (χ1v) is 5.73. The molecular weight excluding hydrogens is 269 g/mol. The fourth-order valence-electron chi connectivity index (χ4n) is 1.83. The number of pyridine rings is 1. The molecule has 0 aliphatic rings. The van der Waals surface area contributed by atoms with E-state index in [2.05, 4.69) is 4.98 Å². The molecule has 0 amide bonds. The normalized spacial score (nSPS) is 11.4. The number of nitrogen functional groups attached to an aromatic ring is 1. The van der Waals surface area contributed by atoms with E-state index in [1.807, 2.05) is 0 Å². The first kappa shape index (κ1) is 14.0. The quantitative estimate of drug-likeness (QED) is 0.859. The van der Waals surface area contributed by atoms with Crippen LogP contribution in [0.3, 0.4) is 0 Å². The van der Waals surface area contributed by atoms with Crippen LogP contribution in [0.25, 0.3) is 0 Å². The van der Waals surface area contributed by atoms with E-state index >= 15 is 0 Å². The van der Waals surface area contributed by atoms with Crippen molar-refractivity contribution >= 4 is 11.5 Å². The Labute approximate surface area is 113 Å². The zero-order valence-corrected chi connectivity index (χ0v) is 10.5. The lowest BCUT2D eigenvalue weighted by molar-refractivity contribution is -0.137. The van der Waals surface area contributed by atoms with E-state index in [9.17, 15) is 18.0 Å². The molecule has 0 saturated heterocycles. The van der Waals surface area contributed by atoms with Gasteiger partial charge in [0.2, 0.25) is 5.78 Å². The van der Waals surface area contributed by atoms with Crippen LogP contribution in [0, 0.1) is 6.92 Å². The maximum Gasteiger partial charge on any atom is 0.416 e. The van der Waals surface area contributed by atoms with Crippen molar-refractivity contribution in [2.24, 2.45) is 0 Å². The van der Waals surface area contributed by atoms with Gasteiger partial charge in [0.1, 0.15) is 5.69 Å². The Hall–Kier alpha value is -2.37. The number of anilines is 1. The van der Waals surface area contributed by atoms with E-state index in [1.54, 1.807) is 6.07 Å². The number of hydrogen-bond acceptors (Lipinski definition) is 3. The average molecular weight is 280 g/mol. The first-order valence-electron chi connectivity index (χ1n) is 5.73. The molecule has 0 aliphatic heterocycles. The number of carbonyl (C=O) groups excluding carboxylic acids is 1. The number of halogens is 3. The highest BCUT2D eigenvalue weighted by Crippen LogP contribution is 2.31. The predicted octanol–water partition coefficient (Wildman–Crippen LogP) is 3.22. The van der Waals surface area contributed by atoms with Gasteiger partial charge in [0.15, 0.2) is 0 Å². The van der Waals surface area contributed by atoms with E-state index in [0.29, 0.717) is 0 Å². The van der Waals surface area contributed by atoms with Gasteiger partial charge in [-0.05, 0) is 36.8 Å². The molecule has 2 aromatic rings. The predicted molar refractivity (Wildman–Crippen MR) is 68.3 cm³/mol. The Kier molecular flexibility index (Phi) is 3.48. The average Bonchev–Trinajstić information content (AvgIpc) is 2.37. The van der Waals surface area contributed by atoms with Crippen molar-refractivity contribution < 1.29 is 18.0 Å². The number of nitrogens with two attached hydrogens (primary N) is 1. The third-order valence-electron chi connectivity index (χ3n) is 2.85. The van der Waals surface area contributed by atoms with Gasteiger partial charge in [-0.3, -0.25) is 9.78 Å². The summed E-state index contributed by atoms with van der Waals surface area (Å²) in [6, 6.07) is 6.05. The van der Waals surface area contributed by atoms with Gasteiger partial charge in [-0.15, -0.1) is 0 Å². The molecule has 0 spiro atoms. The second kappa shape index (κ2) is 4.96. The minimum absolute atomic E-state index is 0.0374. The van der Waals surface area contributed by atoms with Crippen LogP contribution in [0.5, 0.6) is 0 Å². The van der Waals surface area contributed by atoms with Gasteiger partial charge in [0, 0.05) is 11.8 Å². The number of aromatic nitrogens is 1. The Morgan fingerprint density at radius 3 is 2.50 bits per heavy atom. The number of nitrogens with zero attached hydrogens (tertiary/aromatic N) is 1. The molecule has 0 aliphatic carbocycles. The minimum Gasteiger partial charge on any atom is -0.397 e. The highest BCUT2D eigenvalue weighted by atomic mass is 19.4. The van der Waals surface area contributed by atoms with E-state index in [0.717, 1.165) is 18.2 Å². The van der Waals surface area contributed by atoms with Gasteiger partial charge >= 0.3 is 6.18 Å². The summed E-state index contributed by atoms with van der Waals surface area (Å²) >= 11 is 0. The number of aryl methyl sites for hydroxylation is 1. The van der Waals surface area contributed by atoms with Gasteiger partial charge < -0.3 is 5.73 Å². The summed E-state index contributed by atoms with van der Waals surface area (Å²) in [6.45, 7) is 1.45. The van der Waals surface area contributed by atoms with Crippen LogP contribution >= 0.6 is 0 Å². The maximum atomic E-state index is 12.6. The highest BCUT2D eigenvalue weighted by molar-refractivity contribution is 6.11. The van der Waals surface area contributed by atoms with Gasteiger partial charge in [-0.25, -0.2) is 0 Å². The zero-order chi connectivity index (χ0) is 14.9. The molecule has 104 valence electrons. The van der Waals surface area contributed by atoms with Crippen molar-refractivity contribution in [1.82, 2.24) is 4.98 Å². The van der Waals surface area contributed by atoms with Crippen LogP contribution in [-0.4, -0.2) is 10.8 Å². The summed E-state index contributed by atoms with van der Waals surface area (Å²) < 4.78 is 37.7. The fourth-order valence-corrected chi connectivity index (χ4v) is 1.83. The summed E-state index contributed by atoms with van der Waals surface area (Å²) in [5.41, 5.74) is 5.47. The van der Waals surface area contributed by atoms with E-state index < -0.39 is 17.5 Å². The Morgan fingerprint density at radius 1 is 1.25 bits per heavy atom. The van der Waals surface area contributed by atoms with Gasteiger partial charge in [0.25, 0.3) is 0 Å². The van der Waals surface area contributed by atoms with Crippen LogP contribution in [0.2, 0.25) is 0 Å². The molecular formula is C14H11F3N2O. The number of rotatable bonds is 2. The lowest BCUT2D eigenvalue weighted by Crippen LogP contribution is -2.11. The molecule has 1 aromatic carbocycles. The molecule has 1 heterocycles. The number of alkyl halides is 3. The number of ketones is 1. The second-order valence-electron chi connectivity index (χ2n) is 4.30. The molecule has 1 aromatic heterocycles. The number of benzene rings is 1. The summed E-state index contributed by atoms with van der Waals surface area (Å²) in [7, 11) is 0. The highest BCUT2D eigenvalue weighted by Gasteiger charge is 2.31. The van der Waals surface area contributed by atoms with Crippen LogP contribution in [0.4, 0.5) is 18.9 Å². The molecule has 2 rings (SSSR count). The molecule has 20 heavy (non-hydrogen) atoms. The van der Waals surface area contributed by atoms with Crippen molar-refractivity contribution in [3.63, 3.8) is 0 Å². The number of hydrogen-bond donors (Lipinski definition) is 1. The lowest BCUT2D eigenvalue weighted by atomic mass is 9.99. The summed E-state index contributed by atoms with van der Waals surface area (Å²) in [4.78, 5) is 16.1. The zero-order valence-electron chi connectivity index (χ0n) is 10.5. The molecule has 0 radical (unpaired) electrons. The van der Waals surface area contributed by atoms with E-state index in [1.165, 1.54) is 19.2 Å². The first-order chi connectivity index (χ1) is 9.30. The molecule has 6 heteroatoms. The molecule has 0 fully saturated rings. The molecule has 3 nitrogen and oxygen atoms in total. The van der Waals surface area contributed by atoms with Gasteiger partial charge in [-0.1, -0.05) is 6.07 Å². The molecule has 0 saturated carbocycles. The Balaban J connectivity index is 2.45. The summed E-state index contributed by atoms with van der Waals surface area (Å²) in [5.74, 6) is -0.491. The maximum absolute atomic E-state index is 12.6. The van der Waals surface area contributed by atoms with Crippen molar-refractivity contribution in [2.75, 3.05) is 5.73 Å². The Morgan fingerprint density at radius 2 is 1.95 bits per heavy atom. The smallest absolute Gasteiger partial charge is 0.397 e. The van der Waals surface area contributed by atoms with Crippen molar-refractivity contribution in [3.8, 4) is 0 Å². The molecule has 0 bridgehead atoms. The van der Waals surface area contributed by atoms with Crippen LogP contribution in [-0.2, 0) is 6.18 Å². The fraction of sp³-hybridized carbons (Fsp3) is 0.143.